The predicted octanol–water partition coefficient (Wildman–Crippen LogP) is 1.67. The Labute approximate surface area is 78.9 Å². The molecule has 0 saturated carbocycles. The van der Waals surface area contributed by atoms with Crippen LogP contribution in [-0.4, -0.2) is 19.7 Å². The van der Waals surface area contributed by atoms with E-state index in [9.17, 15) is 0 Å². The summed E-state index contributed by atoms with van der Waals surface area (Å²) in [7, 11) is 0. The molecule has 1 N–H and O–H groups in total. The predicted molar refractivity (Wildman–Crippen MR) is 52.9 cm³/mol. The molecule has 1 saturated heterocycles. The van der Waals surface area contributed by atoms with Gasteiger partial charge in [0.1, 0.15) is 5.75 Å². The van der Waals surface area contributed by atoms with Crippen molar-refractivity contribution in [2.75, 3.05) is 19.7 Å². The molecule has 1 fully saturated rings. The number of rotatable bonds is 3. The van der Waals surface area contributed by atoms with Gasteiger partial charge < -0.3 is 10.1 Å². The number of hydrogen-bond acceptors (Lipinski definition) is 2. The van der Waals surface area contributed by atoms with Crippen LogP contribution in [0, 0.1) is 5.41 Å². The van der Waals surface area contributed by atoms with Crippen LogP contribution in [-0.2, 0) is 0 Å². The maximum absolute atomic E-state index is 5.67. The van der Waals surface area contributed by atoms with Crippen LogP contribution in [0.1, 0.15) is 6.92 Å². The maximum atomic E-state index is 5.67. The first kappa shape index (κ1) is 8.57. The summed E-state index contributed by atoms with van der Waals surface area (Å²) in [6, 6.07) is 9.98. The molecule has 1 aliphatic rings. The van der Waals surface area contributed by atoms with Crippen LogP contribution in [0.25, 0.3) is 0 Å². The van der Waals surface area contributed by atoms with Crippen LogP contribution in [0.3, 0.4) is 0 Å². The Morgan fingerprint density at radius 3 is 2.54 bits per heavy atom. The Morgan fingerprint density at radius 1 is 1.31 bits per heavy atom. The van der Waals surface area contributed by atoms with Crippen LogP contribution in [0.5, 0.6) is 5.75 Å². The van der Waals surface area contributed by atoms with Gasteiger partial charge in [0.2, 0.25) is 0 Å². The molecular formula is C11H15NO. The van der Waals surface area contributed by atoms with Crippen molar-refractivity contribution in [1.82, 2.24) is 5.32 Å². The monoisotopic (exact) mass is 177 g/mol. The number of nitrogens with one attached hydrogen (secondary N) is 1. The molecule has 1 aromatic carbocycles. The molecule has 0 unspecified atom stereocenters. The Kier molecular flexibility index (Phi) is 2.23. The van der Waals surface area contributed by atoms with Crippen molar-refractivity contribution in [2.45, 2.75) is 6.92 Å². The van der Waals surface area contributed by atoms with Crippen molar-refractivity contribution in [3.05, 3.63) is 30.3 Å². The Balaban J connectivity index is 1.86. The van der Waals surface area contributed by atoms with Crippen molar-refractivity contribution >= 4 is 0 Å². The van der Waals surface area contributed by atoms with Crippen molar-refractivity contribution in [2.24, 2.45) is 5.41 Å². The fourth-order valence-electron chi connectivity index (χ4n) is 1.43. The summed E-state index contributed by atoms with van der Waals surface area (Å²) < 4.78 is 5.67. The quantitative estimate of drug-likeness (QED) is 0.758. The zero-order valence-corrected chi connectivity index (χ0v) is 7.92. The topological polar surface area (TPSA) is 21.3 Å². The lowest BCUT2D eigenvalue weighted by Gasteiger charge is -2.38. The molecule has 2 nitrogen and oxygen atoms in total. The van der Waals surface area contributed by atoms with Crippen molar-refractivity contribution < 1.29 is 4.74 Å². The van der Waals surface area contributed by atoms with Gasteiger partial charge in [-0.05, 0) is 12.1 Å². The standard InChI is InChI=1S/C11H15NO/c1-11(7-12-8-11)9-13-10-5-3-2-4-6-10/h2-6,12H,7-9H2,1H3. The van der Waals surface area contributed by atoms with Crippen molar-refractivity contribution in [3.63, 3.8) is 0 Å². The highest BCUT2D eigenvalue weighted by Gasteiger charge is 2.32. The zero-order chi connectivity index (χ0) is 9.15. The van der Waals surface area contributed by atoms with E-state index in [1.54, 1.807) is 0 Å². The second-order valence-corrected chi connectivity index (χ2v) is 4.02. The van der Waals surface area contributed by atoms with Crippen molar-refractivity contribution in [1.29, 1.82) is 0 Å². The first-order valence-electron chi connectivity index (χ1n) is 4.67. The van der Waals surface area contributed by atoms with Gasteiger partial charge in [0.15, 0.2) is 0 Å². The molecule has 0 aromatic heterocycles. The summed E-state index contributed by atoms with van der Waals surface area (Å²) in [4.78, 5) is 0. The first-order chi connectivity index (χ1) is 6.29. The normalized spacial score (nSPS) is 19.2. The SMILES string of the molecule is CC1(COc2ccccc2)CNC1. The van der Waals surface area contributed by atoms with E-state index >= 15 is 0 Å². The molecule has 2 rings (SSSR count). The van der Waals surface area contributed by atoms with Crippen LogP contribution in [0.4, 0.5) is 0 Å². The second kappa shape index (κ2) is 3.38. The third-order valence-corrected chi connectivity index (χ3v) is 2.43. The van der Waals surface area contributed by atoms with Gasteiger partial charge >= 0.3 is 0 Å². The van der Waals surface area contributed by atoms with Crippen LogP contribution in [0.2, 0.25) is 0 Å². The number of benzene rings is 1. The summed E-state index contributed by atoms with van der Waals surface area (Å²) >= 11 is 0. The van der Waals surface area contributed by atoms with Gasteiger partial charge in [-0.15, -0.1) is 0 Å². The van der Waals surface area contributed by atoms with E-state index < -0.39 is 0 Å². The van der Waals surface area contributed by atoms with E-state index in [0.717, 1.165) is 25.4 Å². The van der Waals surface area contributed by atoms with Gasteiger partial charge in [-0.25, -0.2) is 0 Å². The molecule has 0 spiro atoms. The average molecular weight is 177 g/mol. The lowest BCUT2D eigenvalue weighted by molar-refractivity contribution is 0.102. The smallest absolute Gasteiger partial charge is 0.119 e. The third-order valence-electron chi connectivity index (χ3n) is 2.43. The van der Waals surface area contributed by atoms with E-state index in [2.05, 4.69) is 12.2 Å². The Morgan fingerprint density at radius 2 is 2.00 bits per heavy atom. The summed E-state index contributed by atoms with van der Waals surface area (Å²) in [5.41, 5.74) is 0.343. The van der Waals surface area contributed by atoms with E-state index in [1.807, 2.05) is 30.3 Å². The lowest BCUT2D eigenvalue weighted by Crippen LogP contribution is -2.54. The Bertz CT molecular complexity index is 267. The summed E-state index contributed by atoms with van der Waals surface area (Å²) in [6.45, 7) is 5.19. The lowest BCUT2D eigenvalue weighted by atomic mass is 9.85. The molecule has 2 heteroatoms. The molecule has 13 heavy (non-hydrogen) atoms. The zero-order valence-electron chi connectivity index (χ0n) is 7.92. The molecule has 1 aromatic rings. The van der Waals surface area contributed by atoms with Gasteiger partial charge in [0, 0.05) is 18.5 Å². The van der Waals surface area contributed by atoms with Crippen LogP contribution < -0.4 is 10.1 Å². The minimum Gasteiger partial charge on any atom is -0.493 e. The molecule has 70 valence electrons. The molecule has 0 amide bonds. The highest BCUT2D eigenvalue weighted by molar-refractivity contribution is 5.21. The molecule has 0 atom stereocenters. The maximum Gasteiger partial charge on any atom is 0.119 e. The number of ether oxygens (including phenoxy) is 1. The van der Waals surface area contributed by atoms with Crippen LogP contribution in [0.15, 0.2) is 30.3 Å². The average Bonchev–Trinajstić information content (AvgIpc) is 2.13. The van der Waals surface area contributed by atoms with Crippen molar-refractivity contribution in [3.8, 4) is 5.75 Å². The van der Waals surface area contributed by atoms with E-state index in [1.165, 1.54) is 0 Å². The fourth-order valence-corrected chi connectivity index (χ4v) is 1.43. The summed E-state index contributed by atoms with van der Waals surface area (Å²) in [5, 5.41) is 3.26. The highest BCUT2D eigenvalue weighted by atomic mass is 16.5. The van der Waals surface area contributed by atoms with Gasteiger partial charge in [-0.3, -0.25) is 0 Å². The number of hydrogen-bond donors (Lipinski definition) is 1. The van der Waals surface area contributed by atoms with Gasteiger partial charge in [-0.1, -0.05) is 25.1 Å². The minimum atomic E-state index is 0.343. The van der Waals surface area contributed by atoms with Gasteiger partial charge in [0.25, 0.3) is 0 Å². The van der Waals surface area contributed by atoms with Crippen LogP contribution >= 0.6 is 0 Å². The van der Waals surface area contributed by atoms with Gasteiger partial charge in [-0.2, -0.15) is 0 Å². The summed E-state index contributed by atoms with van der Waals surface area (Å²) in [5.74, 6) is 0.968. The first-order valence-corrected chi connectivity index (χ1v) is 4.67. The van der Waals surface area contributed by atoms with E-state index in [-0.39, 0.29) is 0 Å². The minimum absolute atomic E-state index is 0.343. The largest absolute Gasteiger partial charge is 0.493 e. The molecule has 0 aliphatic carbocycles. The van der Waals surface area contributed by atoms with Gasteiger partial charge in [0.05, 0.1) is 6.61 Å². The molecule has 1 aliphatic heterocycles. The molecule has 0 bridgehead atoms. The highest BCUT2D eigenvalue weighted by Crippen LogP contribution is 2.22. The van der Waals surface area contributed by atoms with E-state index in [4.69, 9.17) is 4.74 Å². The van der Waals surface area contributed by atoms with E-state index in [0.29, 0.717) is 5.41 Å². The molecule has 1 heterocycles. The summed E-state index contributed by atoms with van der Waals surface area (Å²) in [6.07, 6.45) is 0. The molecule has 0 radical (unpaired) electrons. The third kappa shape index (κ3) is 2.01. The molecular weight excluding hydrogens is 162 g/mol. The number of para-hydroxylation sites is 1. The Hall–Kier alpha value is -1.02. The second-order valence-electron chi connectivity index (χ2n) is 4.02. The fraction of sp³-hybridized carbons (Fsp3) is 0.455.